The highest BCUT2D eigenvalue weighted by molar-refractivity contribution is 7.93. The fourth-order valence-corrected chi connectivity index (χ4v) is 2.32. The Bertz CT molecular complexity index is 968. The molecular weight excluding hydrogens is 381 g/mol. The monoisotopic (exact) mass is 390 g/mol. The van der Waals surface area contributed by atoms with Gasteiger partial charge in [-0.1, -0.05) is 6.07 Å². The number of alkyl halides is 2. The molecule has 0 bridgehead atoms. The van der Waals surface area contributed by atoms with Crippen LogP contribution in [0.2, 0.25) is 0 Å². The van der Waals surface area contributed by atoms with Gasteiger partial charge in [-0.05, 0) is 12.1 Å². The molecule has 1 aromatic carbocycles. The van der Waals surface area contributed by atoms with Crippen LogP contribution < -0.4 is 9.46 Å². The number of nitrogens with zero attached hydrogens (tertiary/aromatic N) is 3. The predicted molar refractivity (Wildman–Crippen MR) is 80.1 cm³/mol. The molecule has 138 valence electrons. The first-order valence-electron chi connectivity index (χ1n) is 6.58. The summed E-state index contributed by atoms with van der Waals surface area (Å²) in [6.45, 7) is 0. The van der Waals surface area contributed by atoms with E-state index >= 15 is 0 Å². The Labute approximate surface area is 144 Å². The number of halogens is 3. The quantitative estimate of drug-likeness (QED) is 0.548. The number of carbonyl (C=O) groups excluding carboxylic acids is 2. The highest BCUT2D eigenvalue weighted by Crippen LogP contribution is 2.25. The van der Waals surface area contributed by atoms with Crippen molar-refractivity contribution in [3.8, 4) is 6.01 Å². The summed E-state index contributed by atoms with van der Waals surface area (Å²) in [6.07, 6.45) is 0.187. The Balaban J connectivity index is 2.57. The van der Waals surface area contributed by atoms with E-state index < -0.39 is 56.3 Å². The number of anilines is 1. The van der Waals surface area contributed by atoms with Crippen molar-refractivity contribution in [3.05, 3.63) is 41.2 Å². The number of ketones is 1. The molecule has 0 saturated carbocycles. The third-order valence-electron chi connectivity index (χ3n) is 2.86. The average molecular weight is 390 g/mol. The Hall–Kier alpha value is -3.09. The van der Waals surface area contributed by atoms with Gasteiger partial charge in [0.25, 0.3) is 10.0 Å². The third-order valence-corrected chi connectivity index (χ3v) is 3.82. The van der Waals surface area contributed by atoms with E-state index in [2.05, 4.69) is 15.0 Å². The number of sulfonamides is 1. The molecule has 26 heavy (non-hydrogen) atoms. The number of ether oxygens (including phenoxy) is 1. The normalized spacial score (nSPS) is 11.3. The van der Waals surface area contributed by atoms with Crippen LogP contribution in [0.15, 0.2) is 18.2 Å². The molecule has 2 aromatic rings. The van der Waals surface area contributed by atoms with Gasteiger partial charge in [-0.2, -0.15) is 18.7 Å². The zero-order valence-corrected chi connectivity index (χ0v) is 13.6. The lowest BCUT2D eigenvalue weighted by Crippen LogP contribution is -2.23. The van der Waals surface area contributed by atoms with Gasteiger partial charge in [0.15, 0.2) is 12.1 Å². The van der Waals surface area contributed by atoms with E-state index in [1.165, 1.54) is 4.72 Å². The number of aldehydes is 1. The average Bonchev–Trinajstić information content (AvgIpc) is 2.62. The number of carbonyl (C=O) groups is 2. The van der Waals surface area contributed by atoms with Gasteiger partial charge in [0.05, 0.1) is 18.4 Å². The number of nitrogens with one attached hydrogen (secondary N) is 1. The molecule has 0 aliphatic rings. The molecule has 0 fully saturated rings. The lowest BCUT2D eigenvalue weighted by molar-refractivity contribution is 0.102. The maximum absolute atomic E-state index is 14.0. The Morgan fingerprint density at radius 3 is 2.54 bits per heavy atom. The van der Waals surface area contributed by atoms with Gasteiger partial charge >= 0.3 is 11.8 Å². The fraction of sp³-hybridized carbons (Fsp3) is 0.154. The second-order valence-electron chi connectivity index (χ2n) is 4.52. The van der Waals surface area contributed by atoms with Crippen LogP contribution in [0.4, 0.5) is 18.9 Å². The van der Waals surface area contributed by atoms with Crippen LogP contribution in [-0.2, 0) is 10.0 Å². The van der Waals surface area contributed by atoms with Gasteiger partial charge < -0.3 is 4.74 Å². The standard InChI is InChI=1S/C13H9F3N4O5S/c1-25-13-18-8(5-21)17-11(19-13)10(22)6-3-2-4-7(14)9(6)20-26(23,24)12(15)16/h2-5,12,20H,1H3. The maximum atomic E-state index is 14.0. The minimum atomic E-state index is -5.25. The number of para-hydroxylation sites is 1. The lowest BCUT2D eigenvalue weighted by Gasteiger charge is -2.12. The minimum absolute atomic E-state index is 0.187. The topological polar surface area (TPSA) is 128 Å². The summed E-state index contributed by atoms with van der Waals surface area (Å²) in [6, 6.07) is 2.36. The Morgan fingerprint density at radius 1 is 1.27 bits per heavy atom. The van der Waals surface area contributed by atoms with E-state index in [9.17, 15) is 31.2 Å². The molecule has 0 unspecified atom stereocenters. The zero-order valence-electron chi connectivity index (χ0n) is 12.8. The van der Waals surface area contributed by atoms with E-state index in [1.807, 2.05) is 0 Å². The highest BCUT2D eigenvalue weighted by atomic mass is 32.2. The lowest BCUT2D eigenvalue weighted by atomic mass is 10.1. The molecule has 13 heteroatoms. The maximum Gasteiger partial charge on any atom is 0.355 e. The molecular formula is C13H9F3N4O5S. The van der Waals surface area contributed by atoms with Gasteiger partial charge in [-0.3, -0.25) is 14.3 Å². The number of methoxy groups -OCH3 is 1. The van der Waals surface area contributed by atoms with Gasteiger partial charge in [-0.15, -0.1) is 0 Å². The number of hydrogen-bond donors (Lipinski definition) is 1. The van der Waals surface area contributed by atoms with E-state index in [-0.39, 0.29) is 6.29 Å². The molecule has 2 rings (SSSR count). The molecule has 9 nitrogen and oxygen atoms in total. The van der Waals surface area contributed by atoms with Crippen molar-refractivity contribution in [2.45, 2.75) is 5.76 Å². The largest absolute Gasteiger partial charge is 0.467 e. The first-order chi connectivity index (χ1) is 12.2. The summed E-state index contributed by atoms with van der Waals surface area (Å²) in [7, 11) is -4.11. The summed E-state index contributed by atoms with van der Waals surface area (Å²) >= 11 is 0. The molecule has 0 saturated heterocycles. The first kappa shape index (κ1) is 19.2. The molecule has 0 radical (unpaired) electrons. The van der Waals surface area contributed by atoms with Crippen molar-refractivity contribution in [1.82, 2.24) is 15.0 Å². The van der Waals surface area contributed by atoms with Crippen LogP contribution in [0.25, 0.3) is 0 Å². The SMILES string of the molecule is COc1nc(C=O)nc(C(=O)c2cccc(F)c2NS(=O)(=O)C(F)F)n1. The Kier molecular flexibility index (Phi) is 5.50. The van der Waals surface area contributed by atoms with E-state index in [0.717, 1.165) is 25.3 Å². The summed E-state index contributed by atoms with van der Waals surface area (Å²) in [4.78, 5) is 33.9. The molecule has 1 aromatic heterocycles. The van der Waals surface area contributed by atoms with Gasteiger partial charge in [-0.25, -0.2) is 17.8 Å². The molecule has 0 aliphatic carbocycles. The molecule has 0 atom stereocenters. The summed E-state index contributed by atoms with van der Waals surface area (Å²) in [5.74, 6) is -7.45. The molecule has 0 spiro atoms. The van der Waals surface area contributed by atoms with E-state index in [1.54, 1.807) is 0 Å². The highest BCUT2D eigenvalue weighted by Gasteiger charge is 2.29. The van der Waals surface area contributed by atoms with Crippen LogP contribution in [0.5, 0.6) is 6.01 Å². The molecule has 0 aliphatic heterocycles. The van der Waals surface area contributed by atoms with Gasteiger partial charge in [0.1, 0.15) is 5.82 Å². The van der Waals surface area contributed by atoms with Crippen molar-refractivity contribution >= 4 is 27.8 Å². The van der Waals surface area contributed by atoms with Crippen molar-refractivity contribution < 1.29 is 35.9 Å². The first-order valence-corrected chi connectivity index (χ1v) is 8.12. The number of rotatable bonds is 7. The van der Waals surface area contributed by atoms with Crippen molar-refractivity contribution in [2.24, 2.45) is 0 Å². The van der Waals surface area contributed by atoms with Gasteiger partial charge in [0.2, 0.25) is 11.6 Å². The molecule has 1 heterocycles. The zero-order chi connectivity index (χ0) is 19.5. The second kappa shape index (κ2) is 7.43. The molecule has 0 amide bonds. The second-order valence-corrected chi connectivity index (χ2v) is 6.17. The Morgan fingerprint density at radius 2 is 1.96 bits per heavy atom. The summed E-state index contributed by atoms with van der Waals surface area (Å²) in [5, 5.41) is 0. The van der Waals surface area contributed by atoms with Gasteiger partial charge in [0, 0.05) is 0 Å². The van der Waals surface area contributed by atoms with Crippen LogP contribution in [0.3, 0.4) is 0 Å². The number of benzene rings is 1. The van der Waals surface area contributed by atoms with E-state index in [4.69, 9.17) is 4.74 Å². The summed E-state index contributed by atoms with van der Waals surface area (Å²) < 4.78 is 67.7. The smallest absolute Gasteiger partial charge is 0.355 e. The van der Waals surface area contributed by atoms with Crippen molar-refractivity contribution in [2.75, 3.05) is 11.8 Å². The van der Waals surface area contributed by atoms with Crippen LogP contribution in [-0.4, -0.2) is 48.3 Å². The fourth-order valence-electron chi connectivity index (χ4n) is 1.74. The number of hydrogen-bond acceptors (Lipinski definition) is 8. The summed E-state index contributed by atoms with van der Waals surface area (Å²) in [5.41, 5.74) is -1.66. The number of aromatic nitrogens is 3. The minimum Gasteiger partial charge on any atom is -0.467 e. The third kappa shape index (κ3) is 3.93. The van der Waals surface area contributed by atoms with Crippen molar-refractivity contribution in [1.29, 1.82) is 0 Å². The van der Waals surface area contributed by atoms with Crippen LogP contribution in [0, 0.1) is 5.82 Å². The molecule has 1 N–H and O–H groups in total. The van der Waals surface area contributed by atoms with E-state index in [0.29, 0.717) is 0 Å². The predicted octanol–water partition coefficient (Wildman–Crippen LogP) is 1.03. The van der Waals surface area contributed by atoms with Crippen molar-refractivity contribution in [3.63, 3.8) is 0 Å². The van der Waals surface area contributed by atoms with Crippen LogP contribution >= 0.6 is 0 Å². The van der Waals surface area contributed by atoms with Crippen LogP contribution in [0.1, 0.15) is 26.8 Å².